The quantitative estimate of drug-likeness (QED) is 0.616. The van der Waals surface area contributed by atoms with E-state index in [1.807, 2.05) is 0 Å². The van der Waals surface area contributed by atoms with E-state index in [2.05, 4.69) is 5.32 Å². The largest absolute Gasteiger partial charge is 0.325 e. The number of amides is 1. The van der Waals surface area contributed by atoms with Gasteiger partial charge >= 0.3 is 0 Å². The molecule has 1 aliphatic rings. The number of anilines is 1. The molecule has 0 aliphatic carbocycles. The van der Waals surface area contributed by atoms with Crippen molar-refractivity contribution in [3.8, 4) is 0 Å². The Morgan fingerprint density at radius 1 is 0.909 bits per heavy atom. The topological polar surface area (TPSA) is 126 Å². The van der Waals surface area contributed by atoms with Crippen molar-refractivity contribution in [2.45, 2.75) is 42.0 Å². The summed E-state index contributed by atoms with van der Waals surface area (Å²) in [6.07, 6.45) is 4.83. The molecule has 33 heavy (non-hydrogen) atoms. The highest BCUT2D eigenvalue weighted by atomic mass is 32.2. The molecule has 1 N–H and O–H groups in total. The van der Waals surface area contributed by atoms with Gasteiger partial charge < -0.3 is 9.88 Å². The van der Waals surface area contributed by atoms with Crippen LogP contribution < -0.4 is 10.9 Å². The van der Waals surface area contributed by atoms with Gasteiger partial charge in [-0.15, -0.1) is 0 Å². The van der Waals surface area contributed by atoms with Crippen LogP contribution in [0.2, 0.25) is 0 Å². The lowest BCUT2D eigenvalue weighted by Gasteiger charge is -2.20. The number of pyridine rings is 1. The molecule has 0 atom stereocenters. The third-order valence-corrected chi connectivity index (χ3v) is 9.10. The number of rotatable bonds is 7. The Hall–Kier alpha value is -2.54. The number of carbonyl (C=O) groups is 1. The Balaban J connectivity index is 1.71. The highest BCUT2D eigenvalue weighted by molar-refractivity contribution is 7.89. The summed E-state index contributed by atoms with van der Waals surface area (Å²) in [7, 11) is -4.62. The van der Waals surface area contributed by atoms with Crippen molar-refractivity contribution in [1.82, 2.24) is 13.2 Å². The molecule has 0 unspecified atom stereocenters. The summed E-state index contributed by atoms with van der Waals surface area (Å²) in [6.45, 7) is 0.597. The second kappa shape index (κ2) is 10.2. The van der Waals surface area contributed by atoms with Crippen LogP contribution in [-0.4, -0.2) is 63.1 Å². The highest BCUT2D eigenvalue weighted by Crippen LogP contribution is 2.22. The van der Waals surface area contributed by atoms with Crippen LogP contribution in [0.1, 0.15) is 25.7 Å². The van der Waals surface area contributed by atoms with Crippen LogP contribution in [0.4, 0.5) is 5.69 Å². The smallest absolute Gasteiger partial charge is 0.251 e. The van der Waals surface area contributed by atoms with E-state index >= 15 is 0 Å². The van der Waals surface area contributed by atoms with Crippen molar-refractivity contribution in [3.05, 3.63) is 52.9 Å². The molecule has 0 radical (unpaired) electrons. The lowest BCUT2D eigenvalue weighted by atomic mass is 10.2. The zero-order valence-electron chi connectivity index (χ0n) is 18.6. The number of sulfonamides is 2. The number of aromatic nitrogens is 1. The van der Waals surface area contributed by atoms with Crippen LogP contribution in [0.5, 0.6) is 0 Å². The van der Waals surface area contributed by atoms with Crippen LogP contribution in [-0.2, 0) is 31.4 Å². The molecule has 2 aromatic rings. The second-order valence-electron chi connectivity index (χ2n) is 8.01. The van der Waals surface area contributed by atoms with E-state index in [1.54, 1.807) is 0 Å². The van der Waals surface area contributed by atoms with Gasteiger partial charge in [0.2, 0.25) is 26.0 Å². The van der Waals surface area contributed by atoms with E-state index in [0.29, 0.717) is 18.8 Å². The fourth-order valence-electron chi connectivity index (χ4n) is 3.49. The number of nitrogens with zero attached hydrogens (tertiary/aromatic N) is 3. The summed E-state index contributed by atoms with van der Waals surface area (Å²) >= 11 is 0. The predicted molar refractivity (Wildman–Crippen MR) is 124 cm³/mol. The van der Waals surface area contributed by atoms with Crippen LogP contribution in [0, 0.1) is 0 Å². The van der Waals surface area contributed by atoms with E-state index < -0.39 is 38.1 Å². The van der Waals surface area contributed by atoms with Gasteiger partial charge in [0.05, 0.1) is 9.79 Å². The number of carbonyl (C=O) groups excluding carboxylic acids is 1. The molecule has 1 amide bonds. The maximum atomic E-state index is 12.9. The Bertz CT molecular complexity index is 1260. The summed E-state index contributed by atoms with van der Waals surface area (Å²) in [6, 6.07) is 8.12. The molecule has 1 fully saturated rings. The Labute approximate surface area is 193 Å². The van der Waals surface area contributed by atoms with E-state index in [1.165, 1.54) is 48.7 Å². The maximum absolute atomic E-state index is 12.9. The van der Waals surface area contributed by atoms with Crippen molar-refractivity contribution < 1.29 is 21.6 Å². The van der Waals surface area contributed by atoms with Crippen LogP contribution in [0.15, 0.2) is 57.2 Å². The lowest BCUT2D eigenvalue weighted by Crippen LogP contribution is -2.32. The van der Waals surface area contributed by atoms with Crippen LogP contribution >= 0.6 is 0 Å². The van der Waals surface area contributed by atoms with Gasteiger partial charge in [0, 0.05) is 45.1 Å². The SMILES string of the molecule is CN(C)S(=O)(=O)c1ccc(=O)n(CC(=O)Nc2ccc(S(=O)(=O)N3CCCCCC3)cc2)c1. The molecule has 3 rings (SSSR count). The van der Waals surface area contributed by atoms with Crippen LogP contribution in [0.25, 0.3) is 0 Å². The second-order valence-corrected chi connectivity index (χ2v) is 12.1. The molecule has 180 valence electrons. The van der Waals surface area contributed by atoms with E-state index in [0.717, 1.165) is 46.8 Å². The van der Waals surface area contributed by atoms with Gasteiger partial charge in [-0.25, -0.2) is 21.1 Å². The minimum Gasteiger partial charge on any atom is -0.325 e. The summed E-state index contributed by atoms with van der Waals surface area (Å²) in [4.78, 5) is 24.6. The molecule has 0 saturated carbocycles. The van der Waals surface area contributed by atoms with Gasteiger partial charge in [-0.3, -0.25) is 9.59 Å². The number of nitrogens with one attached hydrogen (secondary N) is 1. The summed E-state index contributed by atoms with van der Waals surface area (Å²) in [5.41, 5.74) is -0.165. The monoisotopic (exact) mass is 496 g/mol. The van der Waals surface area contributed by atoms with Gasteiger partial charge in [0.1, 0.15) is 6.54 Å². The molecule has 1 saturated heterocycles. The van der Waals surface area contributed by atoms with Crippen molar-refractivity contribution in [1.29, 1.82) is 0 Å². The molecule has 10 nitrogen and oxygen atoms in total. The normalized spacial score (nSPS) is 15.8. The molecular formula is C21H28N4O6S2. The Kier molecular flexibility index (Phi) is 7.73. The van der Waals surface area contributed by atoms with Crippen molar-refractivity contribution in [3.63, 3.8) is 0 Å². The molecule has 12 heteroatoms. The Morgan fingerprint density at radius 2 is 1.48 bits per heavy atom. The average molecular weight is 497 g/mol. The first-order valence-electron chi connectivity index (χ1n) is 10.5. The van der Waals surface area contributed by atoms with Crippen molar-refractivity contribution in [2.24, 2.45) is 0 Å². The minimum absolute atomic E-state index is 0.108. The van der Waals surface area contributed by atoms with E-state index in [-0.39, 0.29) is 9.79 Å². The Morgan fingerprint density at radius 3 is 2.06 bits per heavy atom. The van der Waals surface area contributed by atoms with Gasteiger partial charge in [-0.05, 0) is 43.2 Å². The third-order valence-electron chi connectivity index (χ3n) is 5.39. The van der Waals surface area contributed by atoms with E-state index in [9.17, 15) is 26.4 Å². The highest BCUT2D eigenvalue weighted by Gasteiger charge is 2.25. The van der Waals surface area contributed by atoms with Gasteiger partial charge in [-0.1, -0.05) is 12.8 Å². The fourth-order valence-corrected chi connectivity index (χ4v) is 5.93. The summed E-state index contributed by atoms with van der Waals surface area (Å²) < 4.78 is 53.8. The molecular weight excluding hydrogens is 468 g/mol. The molecule has 1 aromatic carbocycles. The summed E-state index contributed by atoms with van der Waals surface area (Å²) in [5.74, 6) is -0.556. The van der Waals surface area contributed by atoms with Crippen molar-refractivity contribution in [2.75, 3.05) is 32.5 Å². The van der Waals surface area contributed by atoms with E-state index in [4.69, 9.17) is 0 Å². The molecule has 2 heterocycles. The number of hydrogen-bond donors (Lipinski definition) is 1. The average Bonchev–Trinajstić information content (AvgIpc) is 3.05. The predicted octanol–water partition coefficient (Wildman–Crippen LogP) is 1.30. The van der Waals surface area contributed by atoms with Crippen LogP contribution in [0.3, 0.4) is 0 Å². The fraction of sp³-hybridized carbons (Fsp3) is 0.429. The summed E-state index contributed by atoms with van der Waals surface area (Å²) in [5, 5.41) is 2.60. The first kappa shape index (κ1) is 25.1. The van der Waals surface area contributed by atoms with Gasteiger partial charge in [0.25, 0.3) is 5.56 Å². The molecule has 0 bridgehead atoms. The molecule has 1 aliphatic heterocycles. The number of benzene rings is 1. The zero-order chi connectivity index (χ0) is 24.2. The van der Waals surface area contributed by atoms with Gasteiger partial charge in [0.15, 0.2) is 0 Å². The zero-order valence-corrected chi connectivity index (χ0v) is 20.2. The lowest BCUT2D eigenvalue weighted by molar-refractivity contribution is -0.116. The maximum Gasteiger partial charge on any atom is 0.251 e. The first-order valence-corrected chi connectivity index (χ1v) is 13.4. The minimum atomic E-state index is -3.76. The van der Waals surface area contributed by atoms with Gasteiger partial charge in [-0.2, -0.15) is 4.31 Å². The standard InChI is InChI=1S/C21H28N4O6S2/c1-23(2)32(28,29)19-11-12-21(27)24(15-19)16-20(26)22-17-7-9-18(10-8-17)33(30,31)25-13-5-3-4-6-14-25/h7-12,15H,3-6,13-14,16H2,1-2H3,(H,22,26). The molecule has 1 aromatic heterocycles. The third kappa shape index (κ3) is 5.88. The molecule has 0 spiro atoms. The first-order chi connectivity index (χ1) is 15.5. The number of hydrogen-bond acceptors (Lipinski definition) is 6. The van der Waals surface area contributed by atoms with Crippen molar-refractivity contribution >= 4 is 31.6 Å².